The van der Waals surface area contributed by atoms with Gasteiger partial charge in [0.1, 0.15) is 12.3 Å². The Labute approximate surface area is 164 Å². The molecule has 0 amide bonds. The Balaban J connectivity index is 1.82. The summed E-state index contributed by atoms with van der Waals surface area (Å²) in [6, 6.07) is 17.4. The van der Waals surface area contributed by atoms with E-state index in [9.17, 15) is 0 Å². The lowest BCUT2D eigenvalue weighted by molar-refractivity contribution is 0.156. The second kappa shape index (κ2) is 6.70. The first-order valence-corrected chi connectivity index (χ1v) is 8.98. The van der Waals surface area contributed by atoms with E-state index >= 15 is 0 Å². The predicted molar refractivity (Wildman–Crippen MR) is 105 cm³/mol. The normalized spacial score (nSPS) is 11.5. The molecule has 7 nitrogen and oxygen atoms in total. The topological polar surface area (TPSA) is 78.3 Å². The van der Waals surface area contributed by atoms with Crippen molar-refractivity contribution in [3.8, 4) is 22.6 Å². The highest BCUT2D eigenvalue weighted by Gasteiger charge is 2.25. The summed E-state index contributed by atoms with van der Waals surface area (Å²) in [6.07, 6.45) is 0. The number of halogens is 1. The van der Waals surface area contributed by atoms with E-state index in [4.69, 9.17) is 20.9 Å². The van der Waals surface area contributed by atoms with Gasteiger partial charge in [-0.1, -0.05) is 71.4 Å². The molecule has 0 fully saturated rings. The molecule has 0 saturated carbocycles. The molecule has 3 heterocycles. The number of fused-ring (bicyclic) bond motifs is 3. The van der Waals surface area contributed by atoms with E-state index in [1.54, 1.807) is 11.6 Å². The molecule has 0 saturated heterocycles. The van der Waals surface area contributed by atoms with Crippen molar-refractivity contribution in [1.82, 2.24) is 25.0 Å². The van der Waals surface area contributed by atoms with Crippen LogP contribution in [0.2, 0.25) is 5.15 Å². The van der Waals surface area contributed by atoms with Gasteiger partial charge in [0.25, 0.3) is 0 Å². The molecule has 138 valence electrons. The van der Waals surface area contributed by atoms with Crippen LogP contribution in [-0.4, -0.2) is 32.1 Å². The number of aromatic nitrogens is 5. The summed E-state index contributed by atoms with van der Waals surface area (Å²) in [5.74, 6) is 1.04. The van der Waals surface area contributed by atoms with Crippen molar-refractivity contribution >= 4 is 28.0 Å². The zero-order chi connectivity index (χ0) is 19.1. The molecule has 0 aliphatic heterocycles. The summed E-state index contributed by atoms with van der Waals surface area (Å²) in [5, 5.41) is 19.6. The minimum Gasteiger partial charge on any atom is -0.377 e. The van der Waals surface area contributed by atoms with Crippen LogP contribution < -0.4 is 0 Å². The van der Waals surface area contributed by atoms with Crippen LogP contribution in [0.1, 0.15) is 5.76 Å². The van der Waals surface area contributed by atoms with Crippen LogP contribution in [0.4, 0.5) is 0 Å². The highest BCUT2D eigenvalue weighted by molar-refractivity contribution is 6.34. The van der Waals surface area contributed by atoms with Crippen molar-refractivity contribution in [1.29, 1.82) is 0 Å². The highest BCUT2D eigenvalue weighted by Crippen LogP contribution is 2.35. The van der Waals surface area contributed by atoms with Gasteiger partial charge in [0.2, 0.25) is 0 Å². The van der Waals surface area contributed by atoms with Crippen LogP contribution in [0.15, 0.2) is 59.1 Å². The van der Waals surface area contributed by atoms with Crippen molar-refractivity contribution < 1.29 is 9.26 Å². The van der Waals surface area contributed by atoms with Crippen LogP contribution in [-0.2, 0) is 11.3 Å². The largest absolute Gasteiger partial charge is 0.377 e. The van der Waals surface area contributed by atoms with E-state index in [-0.39, 0.29) is 6.61 Å². The molecule has 5 aromatic rings. The minimum absolute atomic E-state index is 0.241. The Morgan fingerprint density at radius 3 is 2.54 bits per heavy atom. The van der Waals surface area contributed by atoms with Crippen LogP contribution in [0.25, 0.3) is 39.1 Å². The molecule has 0 atom stereocenters. The summed E-state index contributed by atoms with van der Waals surface area (Å²) < 4.78 is 12.5. The molecule has 0 radical (unpaired) electrons. The molecule has 0 aliphatic rings. The van der Waals surface area contributed by atoms with Crippen LogP contribution in [0, 0.1) is 0 Å². The molecule has 5 rings (SSSR count). The van der Waals surface area contributed by atoms with Gasteiger partial charge >= 0.3 is 0 Å². The number of benzene rings is 2. The SMILES string of the molecule is COCc1onc(-c2ccccc2)c1-c1nnc2c3ccccc3c(Cl)nn12. The van der Waals surface area contributed by atoms with Gasteiger partial charge in [-0.05, 0) is 0 Å². The van der Waals surface area contributed by atoms with Gasteiger partial charge in [0, 0.05) is 23.4 Å². The third-order valence-electron chi connectivity index (χ3n) is 4.53. The first-order valence-electron chi connectivity index (χ1n) is 8.61. The van der Waals surface area contributed by atoms with Crippen LogP contribution in [0.3, 0.4) is 0 Å². The molecular formula is C20H14ClN5O2. The monoisotopic (exact) mass is 391 g/mol. The number of ether oxygens (including phenoxy) is 1. The maximum atomic E-state index is 6.43. The van der Waals surface area contributed by atoms with Gasteiger partial charge in [0.15, 0.2) is 22.4 Å². The van der Waals surface area contributed by atoms with Crippen molar-refractivity contribution in [3.05, 3.63) is 65.5 Å². The second-order valence-corrected chi connectivity index (χ2v) is 6.58. The summed E-state index contributed by atoms with van der Waals surface area (Å²) >= 11 is 6.43. The molecule has 2 aromatic carbocycles. The second-order valence-electron chi connectivity index (χ2n) is 6.22. The van der Waals surface area contributed by atoms with Gasteiger partial charge in [-0.3, -0.25) is 0 Å². The first kappa shape index (κ1) is 16.9. The Bertz CT molecular complexity index is 1300. The predicted octanol–water partition coefficient (Wildman–Crippen LogP) is 4.40. The van der Waals surface area contributed by atoms with E-state index in [1.807, 2.05) is 54.6 Å². The molecular weight excluding hydrogens is 378 g/mol. The van der Waals surface area contributed by atoms with Gasteiger partial charge in [-0.25, -0.2) is 0 Å². The quantitative estimate of drug-likeness (QED) is 0.452. The lowest BCUT2D eigenvalue weighted by atomic mass is 10.1. The van der Waals surface area contributed by atoms with Gasteiger partial charge in [-0.15, -0.1) is 10.2 Å². The number of nitrogens with zero attached hydrogens (tertiary/aromatic N) is 5. The number of hydrogen-bond donors (Lipinski definition) is 0. The van der Waals surface area contributed by atoms with E-state index in [2.05, 4.69) is 20.5 Å². The molecule has 0 unspecified atom stereocenters. The highest BCUT2D eigenvalue weighted by atomic mass is 35.5. The smallest absolute Gasteiger partial charge is 0.191 e. The van der Waals surface area contributed by atoms with Crippen molar-refractivity contribution in [3.63, 3.8) is 0 Å². The zero-order valence-electron chi connectivity index (χ0n) is 14.8. The molecule has 28 heavy (non-hydrogen) atoms. The molecule has 3 aromatic heterocycles. The van der Waals surface area contributed by atoms with Crippen LogP contribution in [0.5, 0.6) is 0 Å². The lowest BCUT2D eigenvalue weighted by Gasteiger charge is -2.05. The summed E-state index contributed by atoms with van der Waals surface area (Å²) in [7, 11) is 1.60. The van der Waals surface area contributed by atoms with Crippen LogP contribution >= 0.6 is 11.6 Å². The van der Waals surface area contributed by atoms with E-state index in [0.717, 1.165) is 16.3 Å². The molecule has 0 spiro atoms. The fourth-order valence-corrected chi connectivity index (χ4v) is 3.52. The minimum atomic E-state index is 0.241. The number of methoxy groups -OCH3 is 1. The van der Waals surface area contributed by atoms with Gasteiger partial charge < -0.3 is 9.26 Å². The summed E-state index contributed by atoms with van der Waals surface area (Å²) in [6.45, 7) is 0.241. The molecule has 0 N–H and O–H groups in total. The van der Waals surface area contributed by atoms with E-state index < -0.39 is 0 Å². The van der Waals surface area contributed by atoms with Crippen molar-refractivity contribution in [2.75, 3.05) is 7.11 Å². The van der Waals surface area contributed by atoms with Crippen molar-refractivity contribution in [2.24, 2.45) is 0 Å². The van der Waals surface area contributed by atoms with Crippen molar-refractivity contribution in [2.45, 2.75) is 6.61 Å². The zero-order valence-corrected chi connectivity index (χ0v) is 15.6. The molecule has 0 aliphatic carbocycles. The Morgan fingerprint density at radius 2 is 1.75 bits per heavy atom. The Hall–Kier alpha value is -3.29. The Kier molecular flexibility index (Phi) is 4.03. The molecule has 0 bridgehead atoms. The maximum Gasteiger partial charge on any atom is 0.191 e. The average molecular weight is 392 g/mol. The standard InChI is InChI=1S/C20H14ClN5O2/c1-27-11-15-16(17(25-28-15)12-7-3-2-4-8-12)20-23-22-19-14-10-6-5-9-13(14)18(21)24-26(19)20/h2-10H,11H2,1H3. The maximum absolute atomic E-state index is 6.43. The van der Waals surface area contributed by atoms with E-state index in [0.29, 0.717) is 33.6 Å². The number of rotatable bonds is 4. The third-order valence-corrected chi connectivity index (χ3v) is 4.81. The fourth-order valence-electron chi connectivity index (χ4n) is 3.28. The summed E-state index contributed by atoms with van der Waals surface area (Å²) in [5.41, 5.74) is 2.83. The van der Waals surface area contributed by atoms with E-state index in [1.165, 1.54) is 0 Å². The summed E-state index contributed by atoms with van der Waals surface area (Å²) in [4.78, 5) is 0. The van der Waals surface area contributed by atoms with Gasteiger partial charge in [0.05, 0.1) is 5.56 Å². The molecule has 8 heteroatoms. The first-order chi connectivity index (χ1) is 13.8. The third kappa shape index (κ3) is 2.56. The lowest BCUT2D eigenvalue weighted by Crippen LogP contribution is -1.99. The average Bonchev–Trinajstić information content (AvgIpc) is 3.33. The Morgan fingerprint density at radius 1 is 1.00 bits per heavy atom. The van der Waals surface area contributed by atoms with Gasteiger partial charge in [-0.2, -0.15) is 9.61 Å². The fraction of sp³-hybridized carbons (Fsp3) is 0.100. The number of hydrogen-bond acceptors (Lipinski definition) is 6.